The molecule has 1 unspecified atom stereocenters. The standard InChI is InChI=1S/C19H26N4O3/c1-4-22(5-2)15-10-8-14(9-11-15)20-16(24)12-23-17(25)19(3,13-6-7-13)21-18(23)26/h8-11,13H,4-7,12H2,1-3H3,(H,20,24)(H,21,26). The molecule has 0 radical (unpaired) electrons. The highest BCUT2D eigenvalue weighted by Gasteiger charge is 2.56. The van der Waals surface area contributed by atoms with Gasteiger partial charge in [-0.05, 0) is 63.8 Å². The lowest BCUT2D eigenvalue weighted by Gasteiger charge is -2.21. The molecule has 0 bridgehead atoms. The van der Waals surface area contributed by atoms with Gasteiger partial charge in [0.05, 0.1) is 0 Å². The van der Waals surface area contributed by atoms with E-state index in [0.717, 1.165) is 36.5 Å². The van der Waals surface area contributed by atoms with E-state index < -0.39 is 11.6 Å². The first-order chi connectivity index (χ1) is 12.4. The van der Waals surface area contributed by atoms with Crippen molar-refractivity contribution < 1.29 is 14.4 Å². The highest BCUT2D eigenvalue weighted by atomic mass is 16.2. The average Bonchev–Trinajstić information content (AvgIpc) is 3.44. The molecule has 1 saturated carbocycles. The topological polar surface area (TPSA) is 81.8 Å². The molecule has 7 nitrogen and oxygen atoms in total. The van der Waals surface area contributed by atoms with Crippen molar-refractivity contribution in [2.24, 2.45) is 5.92 Å². The van der Waals surface area contributed by atoms with Gasteiger partial charge in [0.25, 0.3) is 5.91 Å². The molecule has 1 aromatic carbocycles. The largest absolute Gasteiger partial charge is 0.372 e. The lowest BCUT2D eigenvalue weighted by atomic mass is 9.96. The Morgan fingerprint density at radius 1 is 1.23 bits per heavy atom. The minimum Gasteiger partial charge on any atom is -0.372 e. The Balaban J connectivity index is 1.60. The number of benzene rings is 1. The fraction of sp³-hybridized carbons (Fsp3) is 0.526. The van der Waals surface area contributed by atoms with Crippen LogP contribution in [0.4, 0.5) is 16.2 Å². The van der Waals surface area contributed by atoms with Crippen LogP contribution in [0.5, 0.6) is 0 Å². The van der Waals surface area contributed by atoms with Gasteiger partial charge in [-0.3, -0.25) is 14.5 Å². The number of rotatable bonds is 7. The molecule has 1 aromatic rings. The van der Waals surface area contributed by atoms with E-state index in [9.17, 15) is 14.4 Å². The molecule has 1 heterocycles. The second-order valence-electron chi connectivity index (χ2n) is 7.07. The summed E-state index contributed by atoms with van der Waals surface area (Å²) in [5, 5.41) is 5.50. The number of hydrogen-bond acceptors (Lipinski definition) is 4. The number of amides is 4. The minimum atomic E-state index is -0.858. The zero-order chi connectivity index (χ0) is 18.9. The van der Waals surface area contributed by atoms with Crippen LogP contribution in [0, 0.1) is 5.92 Å². The zero-order valence-corrected chi connectivity index (χ0v) is 15.5. The third-order valence-corrected chi connectivity index (χ3v) is 5.28. The summed E-state index contributed by atoms with van der Waals surface area (Å²) in [6.07, 6.45) is 1.86. The van der Waals surface area contributed by atoms with E-state index in [1.54, 1.807) is 6.92 Å². The maximum absolute atomic E-state index is 12.5. The van der Waals surface area contributed by atoms with Crippen LogP contribution < -0.4 is 15.5 Å². The summed E-state index contributed by atoms with van der Waals surface area (Å²) >= 11 is 0. The van der Waals surface area contributed by atoms with Gasteiger partial charge in [0.1, 0.15) is 12.1 Å². The van der Waals surface area contributed by atoms with Gasteiger partial charge in [0.2, 0.25) is 5.91 Å². The molecule has 2 N–H and O–H groups in total. The van der Waals surface area contributed by atoms with Crippen LogP contribution in [0.1, 0.15) is 33.6 Å². The van der Waals surface area contributed by atoms with Crippen molar-refractivity contribution >= 4 is 29.2 Å². The first kappa shape index (κ1) is 18.2. The van der Waals surface area contributed by atoms with E-state index in [0.29, 0.717) is 5.69 Å². The Bertz CT molecular complexity index is 710. The van der Waals surface area contributed by atoms with Crippen LogP contribution in [-0.2, 0) is 9.59 Å². The molecule has 140 valence electrons. The molecule has 1 saturated heterocycles. The van der Waals surface area contributed by atoms with Crippen molar-refractivity contribution in [2.75, 3.05) is 29.9 Å². The highest BCUT2D eigenvalue weighted by Crippen LogP contribution is 2.42. The van der Waals surface area contributed by atoms with Crippen LogP contribution >= 0.6 is 0 Å². The minimum absolute atomic E-state index is 0.180. The molecule has 1 aliphatic carbocycles. The molecule has 2 fully saturated rings. The summed E-state index contributed by atoms with van der Waals surface area (Å²) in [6.45, 7) is 7.47. The SMILES string of the molecule is CCN(CC)c1ccc(NC(=O)CN2C(=O)NC(C)(C3CC3)C2=O)cc1. The summed E-state index contributed by atoms with van der Waals surface area (Å²) < 4.78 is 0. The number of anilines is 2. The summed E-state index contributed by atoms with van der Waals surface area (Å²) in [7, 11) is 0. The molecule has 2 aliphatic rings. The van der Waals surface area contributed by atoms with Crippen molar-refractivity contribution in [3.8, 4) is 0 Å². The van der Waals surface area contributed by atoms with Gasteiger partial charge in [0.15, 0.2) is 0 Å². The number of urea groups is 1. The number of nitrogens with one attached hydrogen (secondary N) is 2. The zero-order valence-electron chi connectivity index (χ0n) is 15.5. The smallest absolute Gasteiger partial charge is 0.325 e. The van der Waals surface area contributed by atoms with E-state index >= 15 is 0 Å². The maximum Gasteiger partial charge on any atom is 0.325 e. The van der Waals surface area contributed by atoms with Gasteiger partial charge in [-0.2, -0.15) is 0 Å². The predicted octanol–water partition coefficient (Wildman–Crippen LogP) is 2.19. The van der Waals surface area contributed by atoms with E-state index in [1.807, 2.05) is 24.3 Å². The second kappa shape index (κ2) is 6.97. The molecule has 0 aromatic heterocycles. The van der Waals surface area contributed by atoms with Crippen LogP contribution in [-0.4, -0.2) is 47.9 Å². The molecular weight excluding hydrogens is 332 g/mol. The average molecular weight is 358 g/mol. The molecule has 4 amide bonds. The van der Waals surface area contributed by atoms with Crippen LogP contribution in [0.3, 0.4) is 0 Å². The first-order valence-corrected chi connectivity index (χ1v) is 9.18. The quantitative estimate of drug-likeness (QED) is 0.732. The third-order valence-electron chi connectivity index (χ3n) is 5.28. The lowest BCUT2D eigenvalue weighted by Crippen LogP contribution is -2.46. The number of nitrogens with zero attached hydrogens (tertiary/aromatic N) is 2. The van der Waals surface area contributed by atoms with Gasteiger partial charge >= 0.3 is 6.03 Å². The first-order valence-electron chi connectivity index (χ1n) is 9.18. The van der Waals surface area contributed by atoms with Crippen LogP contribution in [0.15, 0.2) is 24.3 Å². The number of imide groups is 1. The molecule has 3 rings (SSSR count). The van der Waals surface area contributed by atoms with Gasteiger partial charge in [0, 0.05) is 24.5 Å². The molecular formula is C19H26N4O3. The summed E-state index contributed by atoms with van der Waals surface area (Å²) in [5.74, 6) is -0.513. The fourth-order valence-electron chi connectivity index (χ4n) is 3.49. The molecule has 7 heteroatoms. The Morgan fingerprint density at radius 2 is 1.85 bits per heavy atom. The Kier molecular flexibility index (Phi) is 4.89. The predicted molar refractivity (Wildman–Crippen MR) is 100 cm³/mol. The van der Waals surface area contributed by atoms with E-state index in [4.69, 9.17) is 0 Å². The van der Waals surface area contributed by atoms with Crippen LogP contribution in [0.25, 0.3) is 0 Å². The van der Waals surface area contributed by atoms with Crippen molar-refractivity contribution in [1.29, 1.82) is 0 Å². The Morgan fingerprint density at radius 3 is 2.38 bits per heavy atom. The van der Waals surface area contributed by atoms with Crippen molar-refractivity contribution in [3.05, 3.63) is 24.3 Å². The van der Waals surface area contributed by atoms with Crippen molar-refractivity contribution in [1.82, 2.24) is 10.2 Å². The normalized spacial score (nSPS) is 22.3. The Labute approximate surface area is 153 Å². The second-order valence-corrected chi connectivity index (χ2v) is 7.07. The summed E-state index contributed by atoms with van der Waals surface area (Å²) in [6, 6.07) is 7.05. The van der Waals surface area contributed by atoms with Crippen LogP contribution in [0.2, 0.25) is 0 Å². The summed E-state index contributed by atoms with van der Waals surface area (Å²) in [5.41, 5.74) is 0.869. The fourth-order valence-corrected chi connectivity index (χ4v) is 3.49. The van der Waals surface area contributed by atoms with Gasteiger partial charge in [-0.25, -0.2) is 4.79 Å². The third kappa shape index (κ3) is 3.38. The Hall–Kier alpha value is -2.57. The van der Waals surface area contributed by atoms with Gasteiger partial charge in [-0.15, -0.1) is 0 Å². The van der Waals surface area contributed by atoms with E-state index in [1.165, 1.54) is 0 Å². The van der Waals surface area contributed by atoms with Crippen molar-refractivity contribution in [2.45, 2.75) is 39.2 Å². The van der Waals surface area contributed by atoms with E-state index in [-0.39, 0.29) is 24.3 Å². The lowest BCUT2D eigenvalue weighted by molar-refractivity contribution is -0.134. The molecule has 0 spiro atoms. The van der Waals surface area contributed by atoms with Gasteiger partial charge in [-0.1, -0.05) is 0 Å². The molecule has 26 heavy (non-hydrogen) atoms. The summed E-state index contributed by atoms with van der Waals surface area (Å²) in [4.78, 5) is 40.2. The van der Waals surface area contributed by atoms with E-state index in [2.05, 4.69) is 29.4 Å². The maximum atomic E-state index is 12.5. The number of carbonyl (C=O) groups is 3. The number of hydrogen-bond donors (Lipinski definition) is 2. The monoisotopic (exact) mass is 358 g/mol. The molecule has 1 aliphatic heterocycles. The highest BCUT2D eigenvalue weighted by molar-refractivity contribution is 6.10. The number of carbonyl (C=O) groups excluding carboxylic acids is 3. The van der Waals surface area contributed by atoms with Crippen molar-refractivity contribution in [3.63, 3.8) is 0 Å². The van der Waals surface area contributed by atoms with Gasteiger partial charge < -0.3 is 15.5 Å². The molecule has 1 atom stereocenters.